The number of nitriles is 1. The van der Waals surface area contributed by atoms with Gasteiger partial charge in [0.25, 0.3) is 5.91 Å². The molecule has 0 aliphatic heterocycles. The molecule has 0 saturated heterocycles. The number of nitrogens with one attached hydrogen (secondary N) is 1. The van der Waals surface area contributed by atoms with Crippen molar-refractivity contribution in [1.29, 1.82) is 5.26 Å². The summed E-state index contributed by atoms with van der Waals surface area (Å²) in [6.45, 7) is 2.21. The first kappa shape index (κ1) is 11.9. The average Bonchev–Trinajstić information content (AvgIpc) is 2.83. The highest BCUT2D eigenvalue weighted by atomic mass is 16.3. The summed E-state index contributed by atoms with van der Waals surface area (Å²) in [6.07, 6.45) is 1.43. The molecule has 0 atom stereocenters. The van der Waals surface area contributed by atoms with Crippen molar-refractivity contribution < 1.29 is 9.21 Å². The number of amides is 1. The number of rotatable bonds is 3. The lowest BCUT2D eigenvalue weighted by Crippen LogP contribution is -2.22. The number of benzene rings is 1. The lowest BCUT2D eigenvalue weighted by molar-refractivity contribution is 0.0950. The Morgan fingerprint density at radius 2 is 2.11 bits per heavy atom. The molecule has 4 nitrogen and oxygen atoms in total. The molecule has 1 aromatic heterocycles. The monoisotopic (exact) mass is 240 g/mol. The summed E-state index contributed by atoms with van der Waals surface area (Å²) in [7, 11) is 0. The van der Waals surface area contributed by atoms with Crippen LogP contribution in [0, 0.1) is 18.3 Å². The number of carbonyl (C=O) groups is 1. The largest absolute Gasteiger partial charge is 0.469 e. The fourth-order valence-electron chi connectivity index (χ4n) is 1.54. The molecule has 1 heterocycles. The van der Waals surface area contributed by atoms with Crippen LogP contribution in [0.25, 0.3) is 0 Å². The van der Waals surface area contributed by atoms with Gasteiger partial charge in [-0.1, -0.05) is 12.1 Å². The van der Waals surface area contributed by atoms with Gasteiger partial charge < -0.3 is 9.73 Å². The van der Waals surface area contributed by atoms with Gasteiger partial charge in [-0.25, -0.2) is 0 Å². The smallest absolute Gasteiger partial charge is 0.254 e. The molecule has 0 spiro atoms. The quantitative estimate of drug-likeness (QED) is 0.895. The number of nitrogens with zero attached hydrogens (tertiary/aromatic N) is 1. The fourth-order valence-corrected chi connectivity index (χ4v) is 1.54. The number of carbonyl (C=O) groups excluding carboxylic acids is 1. The van der Waals surface area contributed by atoms with E-state index < -0.39 is 0 Å². The van der Waals surface area contributed by atoms with E-state index in [2.05, 4.69) is 5.32 Å². The van der Waals surface area contributed by atoms with E-state index in [0.29, 0.717) is 23.4 Å². The molecule has 0 radical (unpaired) electrons. The Labute approximate surface area is 105 Å². The van der Waals surface area contributed by atoms with Crippen LogP contribution in [0.3, 0.4) is 0 Å². The van der Waals surface area contributed by atoms with E-state index in [1.54, 1.807) is 25.1 Å². The van der Waals surface area contributed by atoms with E-state index in [1.807, 2.05) is 18.2 Å². The van der Waals surface area contributed by atoms with Gasteiger partial charge in [0.2, 0.25) is 0 Å². The van der Waals surface area contributed by atoms with Crippen LogP contribution in [0.2, 0.25) is 0 Å². The molecule has 0 aliphatic rings. The van der Waals surface area contributed by atoms with E-state index in [4.69, 9.17) is 9.68 Å². The van der Waals surface area contributed by atoms with E-state index in [1.165, 1.54) is 6.26 Å². The van der Waals surface area contributed by atoms with E-state index in [0.717, 1.165) is 5.56 Å². The SMILES string of the molecule is Cc1cc(C(=O)NCc2ccc(C#N)cc2)co1. The lowest BCUT2D eigenvalue weighted by atomic mass is 10.1. The maximum atomic E-state index is 11.7. The third kappa shape index (κ3) is 2.77. The van der Waals surface area contributed by atoms with Crippen molar-refractivity contribution in [2.45, 2.75) is 13.5 Å². The molecule has 1 N–H and O–H groups in total. The Balaban J connectivity index is 1.95. The molecule has 18 heavy (non-hydrogen) atoms. The zero-order valence-electron chi connectivity index (χ0n) is 9.93. The van der Waals surface area contributed by atoms with E-state index in [9.17, 15) is 4.79 Å². The first-order chi connectivity index (χ1) is 8.69. The second kappa shape index (κ2) is 5.19. The van der Waals surface area contributed by atoms with Crippen molar-refractivity contribution >= 4 is 5.91 Å². The summed E-state index contributed by atoms with van der Waals surface area (Å²) >= 11 is 0. The summed E-state index contributed by atoms with van der Waals surface area (Å²) in [5.74, 6) is 0.537. The zero-order valence-corrected chi connectivity index (χ0v) is 9.93. The van der Waals surface area contributed by atoms with Crippen LogP contribution in [-0.4, -0.2) is 5.91 Å². The van der Waals surface area contributed by atoms with Gasteiger partial charge in [0.15, 0.2) is 0 Å². The Morgan fingerprint density at radius 3 is 2.67 bits per heavy atom. The number of furan rings is 1. The van der Waals surface area contributed by atoms with Crippen LogP contribution in [0.4, 0.5) is 0 Å². The van der Waals surface area contributed by atoms with Crippen molar-refractivity contribution in [1.82, 2.24) is 5.32 Å². The third-order valence-electron chi connectivity index (χ3n) is 2.53. The molecule has 0 unspecified atom stereocenters. The Morgan fingerprint density at radius 1 is 1.39 bits per heavy atom. The molecule has 1 amide bonds. The van der Waals surface area contributed by atoms with Crippen molar-refractivity contribution in [2.24, 2.45) is 0 Å². The number of aryl methyl sites for hydroxylation is 1. The van der Waals surface area contributed by atoms with Gasteiger partial charge in [-0.15, -0.1) is 0 Å². The summed E-state index contributed by atoms with van der Waals surface area (Å²) in [6, 6.07) is 10.8. The second-order valence-electron chi connectivity index (χ2n) is 3.94. The van der Waals surface area contributed by atoms with E-state index in [-0.39, 0.29) is 5.91 Å². The van der Waals surface area contributed by atoms with Gasteiger partial charge >= 0.3 is 0 Å². The standard InChI is InChI=1S/C14H12N2O2/c1-10-6-13(9-18-10)14(17)16-8-12-4-2-11(7-15)3-5-12/h2-6,9H,8H2,1H3,(H,16,17). The van der Waals surface area contributed by atoms with Crippen LogP contribution < -0.4 is 5.32 Å². The van der Waals surface area contributed by atoms with Crippen LogP contribution in [-0.2, 0) is 6.54 Å². The highest BCUT2D eigenvalue weighted by Crippen LogP contribution is 2.07. The maximum absolute atomic E-state index is 11.7. The predicted octanol–water partition coefficient (Wildman–Crippen LogP) is 2.39. The van der Waals surface area contributed by atoms with Crippen LogP contribution >= 0.6 is 0 Å². The average molecular weight is 240 g/mol. The zero-order chi connectivity index (χ0) is 13.0. The van der Waals surface area contributed by atoms with Crippen molar-refractivity contribution in [3.63, 3.8) is 0 Å². The van der Waals surface area contributed by atoms with Gasteiger partial charge in [0.05, 0.1) is 17.2 Å². The minimum Gasteiger partial charge on any atom is -0.469 e. The molecule has 2 aromatic rings. The Kier molecular flexibility index (Phi) is 3.44. The van der Waals surface area contributed by atoms with Crippen LogP contribution in [0.5, 0.6) is 0 Å². The molecule has 1 aromatic carbocycles. The first-order valence-corrected chi connectivity index (χ1v) is 5.51. The molecule has 2 rings (SSSR count). The molecule has 0 bridgehead atoms. The normalized spacial score (nSPS) is 9.78. The Bertz CT molecular complexity index is 591. The van der Waals surface area contributed by atoms with Gasteiger partial charge in [-0.2, -0.15) is 5.26 Å². The summed E-state index contributed by atoms with van der Waals surface area (Å²) in [4.78, 5) is 11.7. The maximum Gasteiger partial charge on any atom is 0.254 e. The molecule has 0 fully saturated rings. The fraction of sp³-hybridized carbons (Fsp3) is 0.143. The third-order valence-corrected chi connectivity index (χ3v) is 2.53. The van der Waals surface area contributed by atoms with Crippen molar-refractivity contribution in [2.75, 3.05) is 0 Å². The highest BCUT2D eigenvalue weighted by molar-refractivity contribution is 5.93. The van der Waals surface area contributed by atoms with Gasteiger partial charge in [0.1, 0.15) is 12.0 Å². The minimum atomic E-state index is -0.170. The Hall–Kier alpha value is -2.54. The molecule has 4 heteroatoms. The topological polar surface area (TPSA) is 66.0 Å². The molecule has 90 valence electrons. The number of hydrogen-bond donors (Lipinski definition) is 1. The molecule has 0 aliphatic carbocycles. The highest BCUT2D eigenvalue weighted by Gasteiger charge is 2.07. The molecular formula is C14H12N2O2. The lowest BCUT2D eigenvalue weighted by Gasteiger charge is -2.03. The van der Waals surface area contributed by atoms with Crippen LogP contribution in [0.1, 0.15) is 27.2 Å². The van der Waals surface area contributed by atoms with Gasteiger partial charge in [0, 0.05) is 6.54 Å². The van der Waals surface area contributed by atoms with Crippen molar-refractivity contribution in [3.05, 3.63) is 59.0 Å². The van der Waals surface area contributed by atoms with E-state index >= 15 is 0 Å². The number of hydrogen-bond acceptors (Lipinski definition) is 3. The molecule has 0 saturated carbocycles. The predicted molar refractivity (Wildman–Crippen MR) is 65.8 cm³/mol. The summed E-state index contributed by atoms with van der Waals surface area (Å²) in [5.41, 5.74) is 2.07. The first-order valence-electron chi connectivity index (χ1n) is 5.51. The van der Waals surface area contributed by atoms with Crippen LogP contribution in [0.15, 0.2) is 41.0 Å². The minimum absolute atomic E-state index is 0.170. The van der Waals surface area contributed by atoms with Crippen molar-refractivity contribution in [3.8, 4) is 6.07 Å². The molecular weight excluding hydrogens is 228 g/mol. The summed E-state index contributed by atoms with van der Waals surface area (Å²) in [5, 5.41) is 11.5. The van der Waals surface area contributed by atoms with Gasteiger partial charge in [-0.3, -0.25) is 4.79 Å². The second-order valence-corrected chi connectivity index (χ2v) is 3.94. The van der Waals surface area contributed by atoms with Gasteiger partial charge in [-0.05, 0) is 30.7 Å². The summed E-state index contributed by atoms with van der Waals surface area (Å²) < 4.78 is 5.07.